The van der Waals surface area contributed by atoms with E-state index >= 15 is 0 Å². The van der Waals surface area contributed by atoms with E-state index in [1.54, 1.807) is 4.80 Å². The van der Waals surface area contributed by atoms with Gasteiger partial charge in [-0.2, -0.15) is 9.90 Å². The number of aryl methyl sites for hydroxylation is 1. The lowest BCUT2D eigenvalue weighted by Gasteiger charge is -1.96. The molecule has 1 heterocycles. The van der Waals surface area contributed by atoms with Crippen LogP contribution in [0.2, 0.25) is 0 Å². The summed E-state index contributed by atoms with van der Waals surface area (Å²) in [5.41, 5.74) is 2.05. The minimum atomic E-state index is 0.827. The van der Waals surface area contributed by atoms with E-state index in [1.165, 1.54) is 0 Å². The van der Waals surface area contributed by atoms with Crippen LogP contribution in [0.3, 0.4) is 0 Å². The molecule has 1 N–H and O–H groups in total. The van der Waals surface area contributed by atoms with Gasteiger partial charge in [0.1, 0.15) is 5.69 Å². The molecule has 0 bridgehead atoms. The first-order chi connectivity index (χ1) is 5.69. The summed E-state index contributed by atoms with van der Waals surface area (Å²) >= 11 is 0. The molecule has 0 saturated carbocycles. The Morgan fingerprint density at radius 1 is 1.50 bits per heavy atom. The Morgan fingerprint density at radius 2 is 2.17 bits per heavy atom. The molecule has 66 valence electrons. The summed E-state index contributed by atoms with van der Waals surface area (Å²) in [6, 6.07) is 0. The molecule has 0 aliphatic carbocycles. The number of hydrogen-bond acceptors (Lipinski definition) is 3. The number of nitrogens with one attached hydrogen (secondary N) is 1. The van der Waals surface area contributed by atoms with Gasteiger partial charge in [-0.05, 0) is 19.4 Å². The molecule has 0 radical (unpaired) electrons. The van der Waals surface area contributed by atoms with Crippen molar-refractivity contribution in [3.05, 3.63) is 11.8 Å². The van der Waals surface area contributed by atoms with Crippen molar-refractivity contribution in [2.75, 3.05) is 12.4 Å². The van der Waals surface area contributed by atoms with E-state index in [4.69, 9.17) is 0 Å². The van der Waals surface area contributed by atoms with Crippen LogP contribution in [-0.4, -0.2) is 22.0 Å². The molecule has 12 heavy (non-hydrogen) atoms. The molecule has 0 fully saturated rings. The predicted octanol–water partition coefficient (Wildman–Crippen LogP) is 1.28. The van der Waals surface area contributed by atoms with E-state index in [1.807, 2.05) is 34.0 Å². The molecule has 1 rings (SSSR count). The third kappa shape index (κ3) is 1.47. The zero-order valence-corrected chi connectivity index (χ0v) is 7.92. The number of allylic oxidation sites excluding steroid dienone is 2. The van der Waals surface area contributed by atoms with Crippen molar-refractivity contribution < 1.29 is 0 Å². The molecule has 0 saturated heterocycles. The maximum absolute atomic E-state index is 4.23. The fourth-order valence-corrected chi connectivity index (χ4v) is 0.977. The highest BCUT2D eigenvalue weighted by atomic mass is 15.5. The first-order valence-electron chi connectivity index (χ1n) is 3.91. The van der Waals surface area contributed by atoms with E-state index in [9.17, 15) is 0 Å². The van der Waals surface area contributed by atoms with Crippen molar-refractivity contribution in [3.8, 4) is 0 Å². The lowest BCUT2D eigenvalue weighted by Crippen LogP contribution is -1.93. The second kappa shape index (κ2) is 3.38. The van der Waals surface area contributed by atoms with Crippen LogP contribution in [0.5, 0.6) is 0 Å². The van der Waals surface area contributed by atoms with Crippen molar-refractivity contribution >= 4 is 11.4 Å². The van der Waals surface area contributed by atoms with Crippen LogP contribution in [0.15, 0.2) is 6.08 Å². The molecule has 4 heteroatoms. The molecule has 0 aliphatic rings. The summed E-state index contributed by atoms with van der Waals surface area (Å²) in [5, 5.41) is 11.4. The average Bonchev–Trinajstić information content (AvgIpc) is 2.45. The zero-order chi connectivity index (χ0) is 9.14. The largest absolute Gasteiger partial charge is 0.370 e. The van der Waals surface area contributed by atoms with Crippen LogP contribution in [-0.2, 0) is 7.05 Å². The van der Waals surface area contributed by atoms with Gasteiger partial charge < -0.3 is 5.32 Å². The maximum Gasteiger partial charge on any atom is 0.176 e. The van der Waals surface area contributed by atoms with Gasteiger partial charge in [0.25, 0.3) is 0 Å². The van der Waals surface area contributed by atoms with Gasteiger partial charge in [-0.3, -0.25) is 0 Å². The molecule has 1 aromatic heterocycles. The van der Waals surface area contributed by atoms with E-state index in [-0.39, 0.29) is 0 Å². The number of anilines is 1. The monoisotopic (exact) mass is 166 g/mol. The Labute approximate surface area is 72.3 Å². The molecule has 0 amide bonds. The summed E-state index contributed by atoms with van der Waals surface area (Å²) in [5.74, 6) is 0.827. The fourth-order valence-electron chi connectivity index (χ4n) is 0.977. The number of hydrogen-bond donors (Lipinski definition) is 1. The second-order valence-corrected chi connectivity index (χ2v) is 2.61. The third-order valence-corrected chi connectivity index (χ3v) is 1.76. The highest BCUT2D eigenvalue weighted by Crippen LogP contribution is 2.17. The van der Waals surface area contributed by atoms with E-state index in [0.29, 0.717) is 0 Å². The minimum Gasteiger partial charge on any atom is -0.370 e. The third-order valence-electron chi connectivity index (χ3n) is 1.76. The topological polar surface area (TPSA) is 42.7 Å². The average molecular weight is 166 g/mol. The molecular formula is C8H14N4. The Kier molecular flexibility index (Phi) is 2.47. The summed E-state index contributed by atoms with van der Waals surface area (Å²) in [6.45, 7) is 4.01. The molecular weight excluding hydrogens is 152 g/mol. The van der Waals surface area contributed by atoms with Crippen molar-refractivity contribution in [1.29, 1.82) is 0 Å². The van der Waals surface area contributed by atoms with Gasteiger partial charge in [0, 0.05) is 14.1 Å². The lowest BCUT2D eigenvalue weighted by molar-refractivity contribution is 0.653. The lowest BCUT2D eigenvalue weighted by atomic mass is 10.2. The van der Waals surface area contributed by atoms with Crippen molar-refractivity contribution in [1.82, 2.24) is 15.0 Å². The summed E-state index contributed by atoms with van der Waals surface area (Å²) < 4.78 is 0. The van der Waals surface area contributed by atoms with Crippen molar-refractivity contribution in [2.45, 2.75) is 13.8 Å². The quantitative estimate of drug-likeness (QED) is 0.719. The molecule has 0 aliphatic heterocycles. The number of rotatable bonds is 2. The maximum atomic E-state index is 4.23. The number of nitrogens with zero attached hydrogens (tertiary/aromatic N) is 3. The standard InChI is InChI=1S/C8H14N4/c1-5-6(2)7-8(9-3)11-12(4)10-7/h5H,1-4H3,(H,9,11)/b6-5+. The second-order valence-electron chi connectivity index (χ2n) is 2.61. The van der Waals surface area contributed by atoms with Crippen LogP contribution in [0.4, 0.5) is 5.82 Å². The molecule has 0 atom stereocenters. The van der Waals surface area contributed by atoms with Gasteiger partial charge in [-0.25, -0.2) is 0 Å². The van der Waals surface area contributed by atoms with E-state index in [0.717, 1.165) is 17.1 Å². The highest BCUT2D eigenvalue weighted by Gasteiger charge is 2.07. The minimum absolute atomic E-state index is 0.827. The zero-order valence-electron chi connectivity index (χ0n) is 7.92. The molecule has 1 aromatic rings. The van der Waals surface area contributed by atoms with Crippen LogP contribution in [0.25, 0.3) is 5.57 Å². The Bertz CT molecular complexity index is 298. The molecule has 0 unspecified atom stereocenters. The van der Waals surface area contributed by atoms with Crippen molar-refractivity contribution in [2.24, 2.45) is 7.05 Å². The fraction of sp³-hybridized carbons (Fsp3) is 0.500. The number of aromatic nitrogens is 3. The van der Waals surface area contributed by atoms with E-state index in [2.05, 4.69) is 15.5 Å². The highest BCUT2D eigenvalue weighted by molar-refractivity contribution is 5.68. The summed E-state index contributed by atoms with van der Waals surface area (Å²) in [6.07, 6.45) is 2.02. The SMILES string of the molecule is C/C=C(\C)c1nn(C)nc1NC. The smallest absolute Gasteiger partial charge is 0.176 e. The van der Waals surface area contributed by atoms with Gasteiger partial charge >= 0.3 is 0 Å². The van der Waals surface area contributed by atoms with Gasteiger partial charge in [0.05, 0.1) is 0 Å². The van der Waals surface area contributed by atoms with Gasteiger partial charge in [0.2, 0.25) is 0 Å². The van der Waals surface area contributed by atoms with Crippen molar-refractivity contribution in [3.63, 3.8) is 0 Å². The van der Waals surface area contributed by atoms with Crippen LogP contribution in [0.1, 0.15) is 19.5 Å². The van der Waals surface area contributed by atoms with Gasteiger partial charge in [-0.15, -0.1) is 5.10 Å². The van der Waals surface area contributed by atoms with E-state index < -0.39 is 0 Å². The van der Waals surface area contributed by atoms with Crippen LogP contribution in [0, 0.1) is 0 Å². The Balaban J connectivity index is 3.13. The summed E-state index contributed by atoms with van der Waals surface area (Å²) in [7, 11) is 3.66. The first kappa shape index (κ1) is 8.77. The normalized spacial score (nSPS) is 11.8. The molecule has 4 nitrogen and oxygen atoms in total. The molecule has 0 spiro atoms. The van der Waals surface area contributed by atoms with Gasteiger partial charge in [-0.1, -0.05) is 6.08 Å². The first-order valence-corrected chi connectivity index (χ1v) is 3.91. The van der Waals surface area contributed by atoms with Crippen LogP contribution >= 0.6 is 0 Å². The Morgan fingerprint density at radius 3 is 2.67 bits per heavy atom. The predicted molar refractivity (Wildman–Crippen MR) is 49.9 cm³/mol. The van der Waals surface area contributed by atoms with Crippen LogP contribution < -0.4 is 5.32 Å². The molecule has 0 aromatic carbocycles. The van der Waals surface area contributed by atoms with Gasteiger partial charge in [0.15, 0.2) is 5.82 Å². The summed E-state index contributed by atoms with van der Waals surface area (Å²) in [4.78, 5) is 1.56. The Hall–Kier alpha value is -1.32.